The fourth-order valence-electron chi connectivity index (χ4n) is 1.53. The number of anilines is 1. The van der Waals surface area contributed by atoms with E-state index in [0.717, 1.165) is 22.4 Å². The normalized spacial score (nSPS) is 10.5. The van der Waals surface area contributed by atoms with Gasteiger partial charge in [-0.2, -0.15) is 5.10 Å². The molecule has 0 amide bonds. The van der Waals surface area contributed by atoms with Gasteiger partial charge in [0.2, 0.25) is 0 Å². The van der Waals surface area contributed by atoms with Crippen molar-refractivity contribution in [2.45, 2.75) is 20.0 Å². The minimum Gasteiger partial charge on any atom is -0.377 e. The van der Waals surface area contributed by atoms with Crippen LogP contribution in [-0.2, 0) is 13.1 Å². The van der Waals surface area contributed by atoms with Crippen molar-refractivity contribution in [3.63, 3.8) is 0 Å². The van der Waals surface area contributed by atoms with Gasteiger partial charge < -0.3 is 5.32 Å². The lowest BCUT2D eigenvalue weighted by Crippen LogP contribution is -2.08. The molecular formula is C11H12BrClN4. The van der Waals surface area contributed by atoms with Crippen LogP contribution in [-0.4, -0.2) is 14.8 Å². The highest BCUT2D eigenvalue weighted by Crippen LogP contribution is 2.23. The number of hydrogen-bond acceptors (Lipinski definition) is 3. The second-order valence-corrected chi connectivity index (χ2v) is 4.76. The fraction of sp³-hybridized carbons (Fsp3) is 0.273. The van der Waals surface area contributed by atoms with Gasteiger partial charge in [0.05, 0.1) is 17.9 Å². The van der Waals surface area contributed by atoms with Gasteiger partial charge in [0.25, 0.3) is 0 Å². The molecule has 0 aliphatic heterocycles. The molecule has 0 spiro atoms. The van der Waals surface area contributed by atoms with E-state index in [0.29, 0.717) is 11.7 Å². The monoisotopic (exact) mass is 314 g/mol. The summed E-state index contributed by atoms with van der Waals surface area (Å²) in [6.45, 7) is 3.59. The molecule has 0 aliphatic carbocycles. The topological polar surface area (TPSA) is 42.7 Å². The summed E-state index contributed by atoms with van der Waals surface area (Å²) < 4.78 is 2.83. The zero-order valence-corrected chi connectivity index (χ0v) is 11.7. The van der Waals surface area contributed by atoms with Crippen molar-refractivity contribution in [3.8, 4) is 0 Å². The number of aryl methyl sites for hydroxylation is 1. The van der Waals surface area contributed by atoms with Crippen LogP contribution in [0.5, 0.6) is 0 Å². The minimum absolute atomic E-state index is 0.468. The summed E-state index contributed by atoms with van der Waals surface area (Å²) in [5, 5.41) is 7.92. The average Bonchev–Trinajstić information content (AvgIpc) is 2.77. The highest BCUT2D eigenvalue weighted by atomic mass is 79.9. The summed E-state index contributed by atoms with van der Waals surface area (Å²) in [7, 11) is 0. The molecule has 0 aromatic carbocycles. The maximum atomic E-state index is 5.99. The molecule has 0 aliphatic rings. The maximum absolute atomic E-state index is 5.99. The van der Waals surface area contributed by atoms with Crippen LogP contribution in [0.2, 0.25) is 5.15 Å². The summed E-state index contributed by atoms with van der Waals surface area (Å²) in [5.41, 5.74) is 1.92. The van der Waals surface area contributed by atoms with Crippen LogP contribution in [0, 0.1) is 0 Å². The third-order valence-electron chi connectivity index (χ3n) is 2.37. The average molecular weight is 316 g/mol. The zero-order valence-electron chi connectivity index (χ0n) is 9.32. The molecule has 90 valence electrons. The van der Waals surface area contributed by atoms with E-state index >= 15 is 0 Å². The molecule has 0 unspecified atom stereocenters. The third-order valence-corrected chi connectivity index (χ3v) is 3.10. The van der Waals surface area contributed by atoms with Crippen molar-refractivity contribution in [2.75, 3.05) is 5.32 Å². The predicted molar refractivity (Wildman–Crippen MR) is 72.2 cm³/mol. The van der Waals surface area contributed by atoms with E-state index in [1.807, 2.05) is 16.8 Å². The van der Waals surface area contributed by atoms with Crippen LogP contribution in [0.1, 0.15) is 12.6 Å². The lowest BCUT2D eigenvalue weighted by molar-refractivity contribution is 0.627. The lowest BCUT2D eigenvalue weighted by atomic mass is 10.3. The SMILES string of the molecule is CCn1nccc1CNc1cc(Br)cnc1Cl. The van der Waals surface area contributed by atoms with Gasteiger partial charge in [-0.1, -0.05) is 11.6 Å². The van der Waals surface area contributed by atoms with E-state index in [-0.39, 0.29) is 0 Å². The Morgan fingerprint density at radius 1 is 1.53 bits per heavy atom. The van der Waals surface area contributed by atoms with Crippen molar-refractivity contribution in [3.05, 3.63) is 39.8 Å². The van der Waals surface area contributed by atoms with Gasteiger partial charge in [0.15, 0.2) is 5.15 Å². The Bertz CT molecular complexity index is 512. The number of nitrogens with one attached hydrogen (secondary N) is 1. The first kappa shape index (κ1) is 12.4. The first-order valence-electron chi connectivity index (χ1n) is 5.26. The van der Waals surface area contributed by atoms with E-state index < -0.39 is 0 Å². The van der Waals surface area contributed by atoms with E-state index in [4.69, 9.17) is 11.6 Å². The number of aromatic nitrogens is 3. The van der Waals surface area contributed by atoms with E-state index in [1.165, 1.54) is 0 Å². The smallest absolute Gasteiger partial charge is 0.152 e. The molecule has 0 atom stereocenters. The Hall–Kier alpha value is -1.07. The number of halogens is 2. The lowest BCUT2D eigenvalue weighted by Gasteiger charge is -2.09. The van der Waals surface area contributed by atoms with Gasteiger partial charge in [0, 0.05) is 23.4 Å². The molecule has 2 aromatic heterocycles. The maximum Gasteiger partial charge on any atom is 0.152 e. The Morgan fingerprint density at radius 3 is 3.12 bits per heavy atom. The summed E-state index contributed by atoms with van der Waals surface area (Å²) in [6.07, 6.45) is 3.46. The van der Waals surface area contributed by atoms with Crippen molar-refractivity contribution < 1.29 is 0 Å². The first-order chi connectivity index (χ1) is 8.20. The van der Waals surface area contributed by atoms with Crippen LogP contribution in [0.25, 0.3) is 0 Å². The second-order valence-electron chi connectivity index (χ2n) is 3.48. The largest absolute Gasteiger partial charge is 0.377 e. The Kier molecular flexibility index (Phi) is 4.02. The van der Waals surface area contributed by atoms with Crippen LogP contribution in [0.3, 0.4) is 0 Å². The molecule has 2 aromatic rings. The van der Waals surface area contributed by atoms with Crippen LogP contribution in [0.15, 0.2) is 29.0 Å². The number of rotatable bonds is 4. The zero-order chi connectivity index (χ0) is 12.3. The molecule has 0 radical (unpaired) electrons. The van der Waals surface area contributed by atoms with Crippen LogP contribution < -0.4 is 5.32 Å². The number of pyridine rings is 1. The van der Waals surface area contributed by atoms with Crippen LogP contribution in [0.4, 0.5) is 5.69 Å². The molecule has 0 saturated carbocycles. The Balaban J connectivity index is 2.09. The minimum atomic E-state index is 0.468. The number of nitrogens with zero attached hydrogens (tertiary/aromatic N) is 3. The van der Waals surface area contributed by atoms with Gasteiger partial charge in [-0.15, -0.1) is 0 Å². The molecule has 6 heteroatoms. The van der Waals surface area contributed by atoms with Gasteiger partial charge >= 0.3 is 0 Å². The molecule has 0 bridgehead atoms. The molecule has 2 heterocycles. The second kappa shape index (κ2) is 5.51. The summed E-state index contributed by atoms with van der Waals surface area (Å²) in [4.78, 5) is 4.05. The molecule has 17 heavy (non-hydrogen) atoms. The highest BCUT2D eigenvalue weighted by molar-refractivity contribution is 9.10. The molecule has 0 fully saturated rings. The molecule has 2 rings (SSSR count). The third kappa shape index (κ3) is 2.98. The Morgan fingerprint density at radius 2 is 2.35 bits per heavy atom. The molecule has 1 N–H and O–H groups in total. The molecule has 4 nitrogen and oxygen atoms in total. The van der Waals surface area contributed by atoms with E-state index in [1.54, 1.807) is 12.4 Å². The van der Waals surface area contributed by atoms with Crippen molar-refractivity contribution >= 4 is 33.2 Å². The van der Waals surface area contributed by atoms with Gasteiger partial charge in [-0.05, 0) is 35.0 Å². The fourth-order valence-corrected chi connectivity index (χ4v) is 2.03. The van der Waals surface area contributed by atoms with Crippen LogP contribution >= 0.6 is 27.5 Å². The Labute approximate surface area is 113 Å². The van der Waals surface area contributed by atoms with Gasteiger partial charge in [0.1, 0.15) is 0 Å². The van der Waals surface area contributed by atoms with Crippen molar-refractivity contribution in [1.82, 2.24) is 14.8 Å². The standard InChI is InChI=1S/C11H12BrClN4/c1-2-17-9(3-4-16-17)7-14-10-5-8(12)6-15-11(10)13/h3-6,14H,2,7H2,1H3. The summed E-state index contributed by atoms with van der Waals surface area (Å²) >= 11 is 9.36. The predicted octanol–water partition coefficient (Wildman–Crippen LogP) is 3.33. The number of hydrogen-bond donors (Lipinski definition) is 1. The first-order valence-corrected chi connectivity index (χ1v) is 6.43. The van der Waals surface area contributed by atoms with E-state index in [9.17, 15) is 0 Å². The van der Waals surface area contributed by atoms with Crippen molar-refractivity contribution in [1.29, 1.82) is 0 Å². The van der Waals surface area contributed by atoms with Gasteiger partial charge in [-0.25, -0.2) is 4.98 Å². The highest BCUT2D eigenvalue weighted by Gasteiger charge is 2.04. The summed E-state index contributed by atoms with van der Waals surface area (Å²) in [5.74, 6) is 0. The van der Waals surface area contributed by atoms with Gasteiger partial charge in [-0.3, -0.25) is 4.68 Å². The summed E-state index contributed by atoms with van der Waals surface area (Å²) in [6, 6.07) is 3.89. The molecular weight excluding hydrogens is 304 g/mol. The quantitative estimate of drug-likeness (QED) is 0.880. The molecule has 0 saturated heterocycles. The van der Waals surface area contributed by atoms with Crippen molar-refractivity contribution in [2.24, 2.45) is 0 Å². The van der Waals surface area contributed by atoms with E-state index in [2.05, 4.69) is 38.3 Å².